The van der Waals surface area contributed by atoms with Crippen molar-refractivity contribution in [3.8, 4) is 11.5 Å². The van der Waals surface area contributed by atoms with Crippen LogP contribution >= 0.6 is 43.2 Å². The molecular weight excluding hydrogens is 600 g/mol. The number of nitrogens with zero attached hydrogens (tertiary/aromatic N) is 2. The van der Waals surface area contributed by atoms with Gasteiger partial charge in [-0.2, -0.15) is 0 Å². The smallest absolute Gasteiger partial charge is 0.338 e. The van der Waals surface area contributed by atoms with Crippen LogP contribution in [0.1, 0.15) is 37.9 Å². The second-order valence-corrected chi connectivity index (χ2v) is 10.9. The van der Waals surface area contributed by atoms with Crippen molar-refractivity contribution in [1.29, 1.82) is 0 Å². The first-order valence-corrected chi connectivity index (χ1v) is 13.1. The molecule has 0 bridgehead atoms. The highest BCUT2D eigenvalue weighted by Gasteiger charge is 2.35. The van der Waals surface area contributed by atoms with Crippen molar-refractivity contribution in [3.05, 3.63) is 87.4 Å². The third kappa shape index (κ3) is 5.00. The third-order valence-electron chi connectivity index (χ3n) is 5.34. The summed E-state index contributed by atoms with van der Waals surface area (Å²) < 4.78 is 14.4. The van der Waals surface area contributed by atoms with Crippen LogP contribution in [0.5, 0.6) is 11.5 Å². The van der Waals surface area contributed by atoms with Crippen LogP contribution in [0.25, 0.3) is 6.08 Å². The highest BCUT2D eigenvalue weighted by Crippen LogP contribution is 2.37. The molecule has 1 atom stereocenters. The zero-order chi connectivity index (χ0) is 25.4. The first kappa shape index (κ1) is 25.4. The molecule has 10 heteroatoms. The maximum absolute atomic E-state index is 13.7. The van der Waals surface area contributed by atoms with Gasteiger partial charge in [0.1, 0.15) is 17.5 Å². The lowest BCUT2D eigenvalue weighted by atomic mass is 9.95. The van der Waals surface area contributed by atoms with E-state index in [9.17, 15) is 14.7 Å². The van der Waals surface area contributed by atoms with Gasteiger partial charge in [-0.3, -0.25) is 9.36 Å². The lowest BCUT2D eigenvalue weighted by Gasteiger charge is -2.26. The molecule has 1 aromatic heterocycles. The standard InChI is InChI=1S/C25H22Br2N2O5S/c1-12(2)34-24(32)21-13(3)28-25-29(22(21)16-11-15(26)6-8-19(16)33-4)23(31)20(35-25)10-14-5-7-18(30)17(27)9-14/h5-12,22,30H,1-4H3/b20-10-/t22-/m0/s1. The molecule has 1 aliphatic rings. The van der Waals surface area contributed by atoms with Crippen molar-refractivity contribution < 1.29 is 19.4 Å². The van der Waals surface area contributed by atoms with Crippen molar-refractivity contribution in [2.24, 2.45) is 4.99 Å². The number of carbonyl (C=O) groups excluding carboxylic acids is 1. The van der Waals surface area contributed by atoms with Crippen molar-refractivity contribution >= 4 is 55.2 Å². The first-order chi connectivity index (χ1) is 16.6. The van der Waals surface area contributed by atoms with E-state index in [0.29, 0.717) is 30.8 Å². The molecule has 0 radical (unpaired) electrons. The predicted octanol–water partition coefficient (Wildman–Crippen LogP) is 4.43. The normalized spacial score (nSPS) is 15.7. The number of hydrogen-bond acceptors (Lipinski definition) is 7. The zero-order valence-electron chi connectivity index (χ0n) is 19.3. The molecular formula is C25H22Br2N2O5S. The molecule has 35 heavy (non-hydrogen) atoms. The number of methoxy groups -OCH3 is 1. The Kier molecular flexibility index (Phi) is 7.35. The Morgan fingerprint density at radius 1 is 1.23 bits per heavy atom. The van der Waals surface area contributed by atoms with E-state index in [1.807, 2.05) is 12.1 Å². The molecule has 0 unspecified atom stereocenters. The number of benzene rings is 2. The molecule has 0 aliphatic carbocycles. The molecule has 2 heterocycles. The van der Waals surface area contributed by atoms with Crippen LogP contribution in [0.2, 0.25) is 0 Å². The molecule has 0 amide bonds. The molecule has 0 saturated carbocycles. The summed E-state index contributed by atoms with van der Waals surface area (Å²) in [5, 5.41) is 9.80. The summed E-state index contributed by atoms with van der Waals surface area (Å²) in [6, 6.07) is 9.63. The van der Waals surface area contributed by atoms with Gasteiger partial charge in [-0.15, -0.1) is 0 Å². The van der Waals surface area contributed by atoms with Crippen molar-refractivity contribution in [3.63, 3.8) is 0 Å². The fraction of sp³-hybridized carbons (Fsp3) is 0.240. The molecule has 0 saturated heterocycles. The van der Waals surface area contributed by atoms with Gasteiger partial charge in [0, 0.05) is 10.0 Å². The highest BCUT2D eigenvalue weighted by molar-refractivity contribution is 9.10. The molecule has 182 valence electrons. The minimum atomic E-state index is -0.793. The van der Waals surface area contributed by atoms with E-state index in [1.165, 1.54) is 15.9 Å². The largest absolute Gasteiger partial charge is 0.507 e. The Labute approximate surface area is 222 Å². The van der Waals surface area contributed by atoms with Crippen molar-refractivity contribution in [2.75, 3.05) is 7.11 Å². The average molecular weight is 622 g/mol. The average Bonchev–Trinajstić information content (AvgIpc) is 3.09. The van der Waals surface area contributed by atoms with Gasteiger partial charge < -0.3 is 14.6 Å². The first-order valence-electron chi connectivity index (χ1n) is 10.7. The minimum Gasteiger partial charge on any atom is -0.507 e. The lowest BCUT2D eigenvalue weighted by Crippen LogP contribution is -2.40. The van der Waals surface area contributed by atoms with E-state index in [2.05, 4.69) is 36.9 Å². The Bertz CT molecular complexity index is 1540. The number of aromatic hydroxyl groups is 1. The van der Waals surface area contributed by atoms with E-state index in [-0.39, 0.29) is 23.0 Å². The topological polar surface area (TPSA) is 90.1 Å². The maximum Gasteiger partial charge on any atom is 0.338 e. The second kappa shape index (κ2) is 10.1. The number of aromatic nitrogens is 1. The quantitative estimate of drug-likeness (QED) is 0.426. The van der Waals surface area contributed by atoms with Gasteiger partial charge in [-0.25, -0.2) is 9.79 Å². The van der Waals surface area contributed by atoms with Gasteiger partial charge in [0.15, 0.2) is 4.80 Å². The Morgan fingerprint density at radius 3 is 2.63 bits per heavy atom. The van der Waals surface area contributed by atoms with Crippen molar-refractivity contribution in [2.45, 2.75) is 32.9 Å². The van der Waals surface area contributed by atoms with Gasteiger partial charge in [-0.1, -0.05) is 33.3 Å². The number of fused-ring (bicyclic) bond motifs is 1. The van der Waals surface area contributed by atoms with Gasteiger partial charge in [0.25, 0.3) is 5.56 Å². The van der Waals surface area contributed by atoms with E-state index >= 15 is 0 Å². The van der Waals surface area contributed by atoms with Crippen molar-refractivity contribution in [1.82, 2.24) is 4.57 Å². The summed E-state index contributed by atoms with van der Waals surface area (Å²) in [7, 11) is 1.54. The van der Waals surface area contributed by atoms with Gasteiger partial charge in [0.2, 0.25) is 0 Å². The fourth-order valence-corrected chi connectivity index (χ4v) is 5.66. The summed E-state index contributed by atoms with van der Waals surface area (Å²) in [5.74, 6) is 0.0964. The number of carbonyl (C=O) groups is 1. The minimum absolute atomic E-state index is 0.106. The maximum atomic E-state index is 13.7. The summed E-state index contributed by atoms with van der Waals surface area (Å²) >= 11 is 8.03. The summed E-state index contributed by atoms with van der Waals surface area (Å²) in [6.07, 6.45) is 1.39. The van der Waals surface area contributed by atoms with Gasteiger partial charge in [-0.05, 0) is 78.7 Å². The van der Waals surface area contributed by atoms with Crippen LogP contribution in [-0.2, 0) is 9.53 Å². The number of phenolic OH excluding ortho intramolecular Hbond substituents is 1. The Balaban J connectivity index is 2.00. The molecule has 0 spiro atoms. The van der Waals surface area contributed by atoms with E-state index in [4.69, 9.17) is 9.47 Å². The van der Waals surface area contributed by atoms with E-state index in [0.717, 1.165) is 10.0 Å². The third-order valence-corrected chi connectivity index (χ3v) is 7.45. The molecule has 3 aromatic rings. The van der Waals surface area contributed by atoms with Crippen LogP contribution in [0.4, 0.5) is 0 Å². The molecule has 2 aromatic carbocycles. The SMILES string of the molecule is COc1ccc(Br)cc1[C@H]1C(C(=O)OC(C)C)=C(C)N=c2s/c(=C\c3ccc(O)c(Br)c3)c(=O)n21. The number of halogens is 2. The predicted molar refractivity (Wildman–Crippen MR) is 141 cm³/mol. The zero-order valence-corrected chi connectivity index (χ0v) is 23.3. The molecule has 1 N–H and O–H groups in total. The second-order valence-electron chi connectivity index (χ2n) is 8.13. The monoisotopic (exact) mass is 620 g/mol. The van der Waals surface area contributed by atoms with Crippen LogP contribution in [0.15, 0.2) is 66.4 Å². The highest BCUT2D eigenvalue weighted by atomic mass is 79.9. The number of rotatable bonds is 5. The molecule has 4 rings (SSSR count). The molecule has 1 aliphatic heterocycles. The number of hydrogen-bond donors (Lipinski definition) is 1. The Hall–Kier alpha value is -2.69. The number of esters is 1. The van der Waals surface area contributed by atoms with Crippen LogP contribution in [0.3, 0.4) is 0 Å². The summed E-state index contributed by atoms with van der Waals surface area (Å²) in [5.41, 5.74) is 1.81. The number of allylic oxidation sites excluding steroid dienone is 1. The number of thiazole rings is 1. The molecule has 7 nitrogen and oxygen atoms in total. The summed E-state index contributed by atoms with van der Waals surface area (Å²) in [6.45, 7) is 5.28. The fourth-order valence-electron chi connectivity index (χ4n) is 3.84. The number of ether oxygens (including phenoxy) is 2. The van der Waals surface area contributed by atoms with Gasteiger partial charge >= 0.3 is 5.97 Å². The summed E-state index contributed by atoms with van der Waals surface area (Å²) in [4.78, 5) is 32.0. The number of phenols is 1. The Morgan fingerprint density at radius 2 is 1.97 bits per heavy atom. The van der Waals surface area contributed by atoms with Gasteiger partial charge in [0.05, 0.1) is 33.5 Å². The molecule has 0 fully saturated rings. The van der Waals surface area contributed by atoms with Crippen LogP contribution in [-0.4, -0.2) is 28.9 Å². The lowest BCUT2D eigenvalue weighted by molar-refractivity contribution is -0.143. The van der Waals surface area contributed by atoms with Crippen LogP contribution in [0, 0.1) is 0 Å². The van der Waals surface area contributed by atoms with Crippen LogP contribution < -0.4 is 19.6 Å². The van der Waals surface area contributed by atoms with E-state index in [1.54, 1.807) is 58.2 Å². The van der Waals surface area contributed by atoms with E-state index < -0.39 is 12.0 Å².